The summed E-state index contributed by atoms with van der Waals surface area (Å²) in [5.74, 6) is 1.07. The summed E-state index contributed by atoms with van der Waals surface area (Å²) < 4.78 is 0.692. The van der Waals surface area contributed by atoms with Crippen molar-refractivity contribution in [2.45, 2.75) is 68.8 Å². The van der Waals surface area contributed by atoms with Gasteiger partial charge in [-0.3, -0.25) is 0 Å². The highest BCUT2D eigenvalue weighted by Gasteiger charge is 2.39. The van der Waals surface area contributed by atoms with Gasteiger partial charge < -0.3 is 0 Å². The molecule has 0 nitrogen and oxygen atoms in total. The smallest absolute Gasteiger partial charge is 0.0135 e. The first-order valence-electron chi connectivity index (χ1n) is 5.86. The lowest BCUT2D eigenvalue weighted by Gasteiger charge is -2.19. The average molecular weight is 198 g/mol. The van der Waals surface area contributed by atoms with Crippen molar-refractivity contribution in [3.63, 3.8) is 0 Å². The fraction of sp³-hybridized carbons (Fsp3) is 1.00. The van der Waals surface area contributed by atoms with Gasteiger partial charge in [-0.2, -0.15) is 11.8 Å². The first-order chi connectivity index (χ1) is 6.18. The Morgan fingerprint density at radius 3 is 2.46 bits per heavy atom. The zero-order valence-electron chi connectivity index (χ0n) is 9.01. The van der Waals surface area contributed by atoms with Crippen LogP contribution in [0.1, 0.15) is 58.8 Å². The summed E-state index contributed by atoms with van der Waals surface area (Å²) in [6, 6.07) is 0. The highest BCUT2D eigenvalue weighted by atomic mass is 32.2. The summed E-state index contributed by atoms with van der Waals surface area (Å²) in [6.45, 7) is 4.87. The Kier molecular flexibility index (Phi) is 2.92. The van der Waals surface area contributed by atoms with Gasteiger partial charge in [-0.25, -0.2) is 0 Å². The third-order valence-electron chi connectivity index (χ3n) is 3.58. The van der Waals surface area contributed by atoms with E-state index in [1.165, 1.54) is 44.9 Å². The SMILES string of the molecule is CC(CC1CCCC1)SC1(C)CC1. The molecule has 2 saturated carbocycles. The minimum Gasteiger partial charge on any atom is -0.152 e. The van der Waals surface area contributed by atoms with Crippen molar-refractivity contribution in [3.8, 4) is 0 Å². The summed E-state index contributed by atoms with van der Waals surface area (Å²) in [5.41, 5.74) is 0. The van der Waals surface area contributed by atoms with E-state index in [1.54, 1.807) is 0 Å². The molecule has 2 aliphatic rings. The van der Waals surface area contributed by atoms with E-state index in [-0.39, 0.29) is 0 Å². The molecule has 0 aromatic rings. The van der Waals surface area contributed by atoms with E-state index in [4.69, 9.17) is 0 Å². The predicted octanol–water partition coefficient (Wildman–Crippen LogP) is 4.24. The van der Waals surface area contributed by atoms with Crippen LogP contribution in [0.25, 0.3) is 0 Å². The fourth-order valence-electron chi connectivity index (χ4n) is 2.54. The zero-order chi connectivity index (χ0) is 9.31. The Balaban J connectivity index is 1.68. The van der Waals surface area contributed by atoms with Crippen LogP contribution in [0.2, 0.25) is 0 Å². The molecule has 2 aliphatic carbocycles. The van der Waals surface area contributed by atoms with E-state index in [2.05, 4.69) is 25.6 Å². The van der Waals surface area contributed by atoms with Gasteiger partial charge in [0, 0.05) is 10.00 Å². The van der Waals surface area contributed by atoms with Crippen LogP contribution in [-0.2, 0) is 0 Å². The van der Waals surface area contributed by atoms with Crippen molar-refractivity contribution >= 4 is 11.8 Å². The Hall–Kier alpha value is 0.350. The first-order valence-corrected chi connectivity index (χ1v) is 6.74. The van der Waals surface area contributed by atoms with E-state index in [0.717, 1.165) is 11.2 Å². The number of hydrogen-bond donors (Lipinski definition) is 0. The standard InChI is InChI=1S/C12H22S/c1-10(13-12(2)7-8-12)9-11-5-3-4-6-11/h10-11H,3-9H2,1-2H3. The lowest BCUT2D eigenvalue weighted by atomic mass is 10.0. The molecule has 0 saturated heterocycles. The molecule has 1 atom stereocenters. The summed E-state index contributed by atoms with van der Waals surface area (Å²) in [4.78, 5) is 0. The van der Waals surface area contributed by atoms with Crippen molar-refractivity contribution in [1.29, 1.82) is 0 Å². The number of rotatable bonds is 4. The largest absolute Gasteiger partial charge is 0.152 e. The quantitative estimate of drug-likeness (QED) is 0.651. The molecule has 0 aliphatic heterocycles. The molecule has 0 heterocycles. The van der Waals surface area contributed by atoms with E-state index < -0.39 is 0 Å². The van der Waals surface area contributed by atoms with Gasteiger partial charge in [0.25, 0.3) is 0 Å². The zero-order valence-corrected chi connectivity index (χ0v) is 9.83. The van der Waals surface area contributed by atoms with E-state index >= 15 is 0 Å². The molecule has 76 valence electrons. The lowest BCUT2D eigenvalue weighted by molar-refractivity contribution is 0.502. The van der Waals surface area contributed by atoms with Gasteiger partial charge >= 0.3 is 0 Å². The Labute approximate surface area is 86.9 Å². The van der Waals surface area contributed by atoms with Crippen molar-refractivity contribution < 1.29 is 0 Å². The summed E-state index contributed by atoms with van der Waals surface area (Å²) in [5, 5.41) is 0.913. The maximum atomic E-state index is 2.44. The van der Waals surface area contributed by atoms with E-state index in [0.29, 0.717) is 4.75 Å². The molecule has 0 aromatic carbocycles. The molecule has 0 spiro atoms. The van der Waals surface area contributed by atoms with Gasteiger partial charge in [-0.15, -0.1) is 0 Å². The summed E-state index contributed by atoms with van der Waals surface area (Å²) >= 11 is 2.25. The normalized spacial score (nSPS) is 29.1. The molecule has 0 radical (unpaired) electrons. The van der Waals surface area contributed by atoms with Crippen LogP contribution in [-0.4, -0.2) is 10.00 Å². The second-order valence-electron chi connectivity index (χ2n) is 5.26. The number of thioether (sulfide) groups is 1. The molecular weight excluding hydrogens is 176 g/mol. The van der Waals surface area contributed by atoms with Crippen LogP contribution in [0.15, 0.2) is 0 Å². The minimum atomic E-state index is 0.692. The maximum Gasteiger partial charge on any atom is 0.0135 e. The van der Waals surface area contributed by atoms with Gasteiger partial charge in [-0.1, -0.05) is 39.5 Å². The molecule has 2 fully saturated rings. The first kappa shape index (κ1) is 9.89. The summed E-state index contributed by atoms with van der Waals surface area (Å²) in [6.07, 6.45) is 10.4. The second kappa shape index (κ2) is 3.84. The maximum absolute atomic E-state index is 2.44. The van der Waals surface area contributed by atoms with Crippen LogP contribution < -0.4 is 0 Å². The predicted molar refractivity (Wildman–Crippen MR) is 61.3 cm³/mol. The van der Waals surface area contributed by atoms with E-state index in [9.17, 15) is 0 Å². The molecule has 13 heavy (non-hydrogen) atoms. The Morgan fingerprint density at radius 2 is 1.92 bits per heavy atom. The molecule has 2 rings (SSSR count). The molecule has 0 N–H and O–H groups in total. The topological polar surface area (TPSA) is 0 Å². The van der Waals surface area contributed by atoms with Crippen LogP contribution in [0.3, 0.4) is 0 Å². The molecule has 0 amide bonds. The molecule has 1 unspecified atom stereocenters. The van der Waals surface area contributed by atoms with Crippen molar-refractivity contribution in [2.24, 2.45) is 5.92 Å². The Bertz CT molecular complexity index is 166. The van der Waals surface area contributed by atoms with Gasteiger partial charge in [0.2, 0.25) is 0 Å². The van der Waals surface area contributed by atoms with Crippen LogP contribution in [0.4, 0.5) is 0 Å². The molecular formula is C12H22S. The monoisotopic (exact) mass is 198 g/mol. The van der Waals surface area contributed by atoms with Gasteiger partial charge in [0.05, 0.1) is 0 Å². The molecule has 1 heteroatoms. The summed E-state index contributed by atoms with van der Waals surface area (Å²) in [7, 11) is 0. The Morgan fingerprint density at radius 1 is 1.31 bits per heavy atom. The molecule has 0 aromatic heterocycles. The van der Waals surface area contributed by atoms with Crippen molar-refractivity contribution in [1.82, 2.24) is 0 Å². The van der Waals surface area contributed by atoms with Crippen molar-refractivity contribution in [2.75, 3.05) is 0 Å². The highest BCUT2D eigenvalue weighted by molar-refractivity contribution is 8.01. The third-order valence-corrected chi connectivity index (χ3v) is 5.15. The van der Waals surface area contributed by atoms with Crippen molar-refractivity contribution in [3.05, 3.63) is 0 Å². The van der Waals surface area contributed by atoms with Gasteiger partial charge in [-0.05, 0) is 25.2 Å². The average Bonchev–Trinajstić information content (AvgIpc) is 2.61. The number of hydrogen-bond acceptors (Lipinski definition) is 1. The second-order valence-corrected chi connectivity index (χ2v) is 7.29. The van der Waals surface area contributed by atoms with Crippen LogP contribution in [0, 0.1) is 5.92 Å². The van der Waals surface area contributed by atoms with Gasteiger partial charge in [0.15, 0.2) is 0 Å². The highest BCUT2D eigenvalue weighted by Crippen LogP contribution is 2.51. The molecule has 0 bridgehead atoms. The fourth-order valence-corrected chi connectivity index (χ4v) is 4.22. The van der Waals surface area contributed by atoms with Crippen LogP contribution >= 0.6 is 11.8 Å². The third kappa shape index (κ3) is 2.90. The van der Waals surface area contributed by atoms with Gasteiger partial charge in [0.1, 0.15) is 0 Å². The minimum absolute atomic E-state index is 0.692. The van der Waals surface area contributed by atoms with Crippen LogP contribution in [0.5, 0.6) is 0 Å². The lowest BCUT2D eigenvalue weighted by Crippen LogP contribution is -2.09. The van der Waals surface area contributed by atoms with E-state index in [1.807, 2.05) is 0 Å².